The van der Waals surface area contributed by atoms with Crippen LogP contribution in [0, 0.1) is 44.3 Å². The van der Waals surface area contributed by atoms with E-state index in [0.717, 1.165) is 44.9 Å². The third kappa shape index (κ3) is 3.09. The molecule has 5 rings (SSSR count). The van der Waals surface area contributed by atoms with Crippen molar-refractivity contribution in [1.29, 1.82) is 0 Å². The first-order valence-electron chi connectivity index (χ1n) is 14.1. The number of rotatable bonds is 2. The molecule has 0 spiro atoms. The van der Waals surface area contributed by atoms with Crippen LogP contribution < -0.4 is 0 Å². The zero-order valence-electron chi connectivity index (χ0n) is 23.5. The second-order valence-corrected chi connectivity index (χ2v) is 14.9. The van der Waals surface area contributed by atoms with E-state index in [0.29, 0.717) is 6.42 Å². The Morgan fingerprint density at radius 3 is 2.33 bits per heavy atom. The third-order valence-electron chi connectivity index (χ3n) is 12.7. The average molecular weight is 501 g/mol. The molecular weight excluding hydrogens is 452 g/mol. The summed E-state index contributed by atoms with van der Waals surface area (Å²) in [6.07, 6.45) is 10.0. The summed E-state index contributed by atoms with van der Waals surface area (Å²) in [7, 11) is 1.53. The Kier molecular flexibility index (Phi) is 5.82. The summed E-state index contributed by atoms with van der Waals surface area (Å²) in [6, 6.07) is 0. The van der Waals surface area contributed by atoms with E-state index in [1.54, 1.807) is 0 Å². The highest BCUT2D eigenvalue weighted by atomic mass is 16.5. The number of fused-ring (bicyclic) bond motifs is 6. The van der Waals surface area contributed by atoms with Crippen LogP contribution in [0.4, 0.5) is 0 Å². The number of aliphatic hydroxyl groups is 3. The number of carbonyl (C=O) groups is 1. The van der Waals surface area contributed by atoms with Gasteiger partial charge in [0.1, 0.15) is 0 Å². The molecule has 36 heavy (non-hydrogen) atoms. The van der Waals surface area contributed by atoms with Gasteiger partial charge in [-0.25, -0.2) is 0 Å². The first kappa shape index (κ1) is 26.4. The van der Waals surface area contributed by atoms with E-state index in [1.807, 2.05) is 6.92 Å². The summed E-state index contributed by atoms with van der Waals surface area (Å²) >= 11 is 0. The van der Waals surface area contributed by atoms with Gasteiger partial charge in [0.25, 0.3) is 0 Å². The molecule has 3 fully saturated rings. The Balaban J connectivity index is 1.68. The van der Waals surface area contributed by atoms with E-state index in [-0.39, 0.29) is 46.1 Å². The molecule has 0 heterocycles. The van der Waals surface area contributed by atoms with Gasteiger partial charge in [0, 0.05) is 5.41 Å². The lowest BCUT2D eigenvalue weighted by molar-refractivity contribution is -0.231. The third-order valence-corrected chi connectivity index (χ3v) is 12.7. The molecule has 0 aromatic rings. The molecule has 0 radical (unpaired) electrons. The standard InChI is InChI=1S/C31H48O5/c1-26(2)12-14-31(25(35)36-7)15-13-29(5)19(20(31)16-26)8-9-23-27(3)17-21(33)24(34)28(4,18-32)22(27)10-11-30(23,29)6/h8-9,21-24,32-34H,10-18H2,1-7H3. The van der Waals surface area contributed by atoms with Gasteiger partial charge in [-0.15, -0.1) is 0 Å². The van der Waals surface area contributed by atoms with Crippen molar-refractivity contribution in [2.75, 3.05) is 13.7 Å². The number of carbonyl (C=O) groups excluding carboxylic acids is 1. The molecule has 0 bridgehead atoms. The van der Waals surface area contributed by atoms with Gasteiger partial charge >= 0.3 is 5.97 Å². The van der Waals surface area contributed by atoms with Crippen molar-refractivity contribution in [3.8, 4) is 0 Å². The summed E-state index contributed by atoms with van der Waals surface area (Å²) in [5.74, 6) is 0.274. The van der Waals surface area contributed by atoms with Crippen molar-refractivity contribution in [3.05, 3.63) is 23.3 Å². The van der Waals surface area contributed by atoms with Gasteiger partial charge in [-0.2, -0.15) is 0 Å². The fourth-order valence-corrected chi connectivity index (χ4v) is 10.3. The highest BCUT2D eigenvalue weighted by Crippen LogP contribution is 2.74. The van der Waals surface area contributed by atoms with E-state index < -0.39 is 23.0 Å². The Labute approximate surface area is 217 Å². The predicted octanol–water partition coefficient (Wildman–Crippen LogP) is 5.19. The van der Waals surface area contributed by atoms with Gasteiger partial charge in [0.2, 0.25) is 0 Å². The SMILES string of the molecule is COC(=O)C12CCC(C)(C)CC1=C1C=CC3C4(C)CC(O)C(O)C(C)(CO)C4CCC3(C)C1(C)CC2. The summed E-state index contributed by atoms with van der Waals surface area (Å²) in [5, 5.41) is 32.4. The van der Waals surface area contributed by atoms with Crippen molar-refractivity contribution in [2.24, 2.45) is 44.3 Å². The van der Waals surface area contributed by atoms with Crippen molar-refractivity contribution >= 4 is 5.97 Å². The minimum Gasteiger partial charge on any atom is -0.468 e. The first-order chi connectivity index (χ1) is 16.7. The number of allylic oxidation sites excluding steroid dienone is 3. The molecule has 5 aliphatic rings. The van der Waals surface area contributed by atoms with Gasteiger partial charge in [-0.1, -0.05) is 53.7 Å². The molecule has 3 N–H and O–H groups in total. The normalized spacial score (nSPS) is 51.5. The van der Waals surface area contributed by atoms with E-state index in [2.05, 4.69) is 46.8 Å². The number of ether oxygens (including phenoxy) is 1. The molecule has 0 aromatic heterocycles. The topological polar surface area (TPSA) is 87.0 Å². The molecule has 0 aromatic carbocycles. The van der Waals surface area contributed by atoms with Crippen molar-refractivity contribution in [3.63, 3.8) is 0 Å². The zero-order valence-corrected chi connectivity index (χ0v) is 23.5. The van der Waals surface area contributed by atoms with E-state index in [1.165, 1.54) is 18.3 Å². The van der Waals surface area contributed by atoms with Crippen LogP contribution >= 0.6 is 0 Å². The Morgan fingerprint density at radius 1 is 1.03 bits per heavy atom. The predicted molar refractivity (Wildman–Crippen MR) is 140 cm³/mol. The molecule has 202 valence electrons. The van der Waals surface area contributed by atoms with Crippen LogP contribution in [0.2, 0.25) is 0 Å². The molecule has 9 unspecified atom stereocenters. The minimum atomic E-state index is -0.911. The van der Waals surface area contributed by atoms with E-state index >= 15 is 0 Å². The van der Waals surface area contributed by atoms with Crippen LogP contribution in [0.1, 0.15) is 92.9 Å². The average Bonchev–Trinajstić information content (AvgIpc) is 2.82. The summed E-state index contributed by atoms with van der Waals surface area (Å²) in [6.45, 7) is 13.6. The Bertz CT molecular complexity index is 1010. The number of hydrogen-bond donors (Lipinski definition) is 3. The monoisotopic (exact) mass is 500 g/mol. The van der Waals surface area contributed by atoms with Crippen molar-refractivity contribution in [1.82, 2.24) is 0 Å². The molecule has 0 amide bonds. The Morgan fingerprint density at radius 2 is 1.69 bits per heavy atom. The van der Waals surface area contributed by atoms with Crippen molar-refractivity contribution < 1.29 is 24.9 Å². The number of methoxy groups -OCH3 is 1. The largest absolute Gasteiger partial charge is 0.468 e. The maximum absolute atomic E-state index is 13.3. The number of esters is 1. The van der Waals surface area contributed by atoms with Gasteiger partial charge in [0.15, 0.2) is 0 Å². The van der Waals surface area contributed by atoms with Gasteiger partial charge in [0.05, 0.1) is 31.3 Å². The van der Waals surface area contributed by atoms with Crippen LogP contribution in [0.5, 0.6) is 0 Å². The van der Waals surface area contributed by atoms with E-state index in [4.69, 9.17) is 4.74 Å². The van der Waals surface area contributed by atoms with Crippen LogP contribution in [0.25, 0.3) is 0 Å². The molecule has 5 nitrogen and oxygen atoms in total. The van der Waals surface area contributed by atoms with Gasteiger partial charge in [-0.3, -0.25) is 4.79 Å². The van der Waals surface area contributed by atoms with Crippen LogP contribution in [-0.2, 0) is 9.53 Å². The maximum atomic E-state index is 13.3. The highest BCUT2D eigenvalue weighted by Gasteiger charge is 2.69. The lowest BCUT2D eigenvalue weighted by atomic mass is 9.35. The molecule has 9 atom stereocenters. The number of hydrogen-bond acceptors (Lipinski definition) is 5. The van der Waals surface area contributed by atoms with Crippen LogP contribution in [0.3, 0.4) is 0 Å². The zero-order chi connectivity index (χ0) is 26.5. The maximum Gasteiger partial charge on any atom is 0.315 e. The first-order valence-corrected chi connectivity index (χ1v) is 14.1. The molecule has 0 aliphatic heterocycles. The Hall–Kier alpha value is -1.17. The van der Waals surface area contributed by atoms with Crippen molar-refractivity contribution in [2.45, 2.75) is 105 Å². The summed E-state index contributed by atoms with van der Waals surface area (Å²) in [4.78, 5) is 13.3. The second-order valence-electron chi connectivity index (χ2n) is 14.9. The van der Waals surface area contributed by atoms with Gasteiger partial charge in [-0.05, 0) is 96.0 Å². The highest BCUT2D eigenvalue weighted by molar-refractivity contribution is 5.82. The molecule has 3 saturated carbocycles. The fraction of sp³-hybridized carbons (Fsp3) is 0.839. The smallest absolute Gasteiger partial charge is 0.315 e. The van der Waals surface area contributed by atoms with E-state index in [9.17, 15) is 20.1 Å². The fourth-order valence-electron chi connectivity index (χ4n) is 10.3. The number of aliphatic hydroxyl groups excluding tert-OH is 3. The molecule has 5 heteroatoms. The minimum absolute atomic E-state index is 0.0441. The molecular formula is C31H48O5. The van der Waals surface area contributed by atoms with Crippen LogP contribution in [-0.4, -0.2) is 47.2 Å². The quantitative estimate of drug-likeness (QED) is 0.455. The lowest BCUT2D eigenvalue weighted by Gasteiger charge is -2.69. The molecule has 5 aliphatic carbocycles. The lowest BCUT2D eigenvalue weighted by Crippen LogP contribution is -2.67. The summed E-state index contributed by atoms with van der Waals surface area (Å²) < 4.78 is 5.43. The van der Waals surface area contributed by atoms with Crippen LogP contribution in [0.15, 0.2) is 23.3 Å². The second kappa shape index (κ2) is 7.93. The molecule has 0 saturated heterocycles. The van der Waals surface area contributed by atoms with Gasteiger partial charge < -0.3 is 20.1 Å². The summed E-state index contributed by atoms with van der Waals surface area (Å²) in [5.41, 5.74) is 1.22.